The number of anilines is 2. The van der Waals surface area contributed by atoms with Crippen molar-refractivity contribution >= 4 is 11.6 Å². The topological polar surface area (TPSA) is 56.1 Å². The summed E-state index contributed by atoms with van der Waals surface area (Å²) in [5, 5.41) is 2.97. The number of rotatable bonds is 4. The van der Waals surface area contributed by atoms with Gasteiger partial charge in [0.15, 0.2) is 17.5 Å². The van der Waals surface area contributed by atoms with E-state index in [1.165, 1.54) is 4.57 Å². The maximum absolute atomic E-state index is 13.8. The highest BCUT2D eigenvalue weighted by atomic mass is 19.2. The summed E-state index contributed by atoms with van der Waals surface area (Å²) in [5.41, 5.74) is 0.447. The first kappa shape index (κ1) is 19.0. The second kappa shape index (κ2) is 7.57. The molecule has 1 aromatic heterocycles. The third kappa shape index (κ3) is 3.80. The zero-order chi connectivity index (χ0) is 20.5. The van der Waals surface area contributed by atoms with E-state index in [9.17, 15) is 22.4 Å². The summed E-state index contributed by atoms with van der Waals surface area (Å²) in [6.07, 6.45) is 2.42. The molecule has 0 fully saturated rings. The molecule has 2 heterocycles. The smallest absolute Gasteiger partial charge is 0.310 e. The summed E-state index contributed by atoms with van der Waals surface area (Å²) in [7, 11) is 0. The van der Waals surface area contributed by atoms with E-state index >= 15 is 0 Å². The molecular weight excluding hydrogens is 390 g/mol. The number of nitrogens with one attached hydrogen (secondary N) is 1. The Balaban J connectivity index is 1.73. The Morgan fingerprint density at radius 1 is 1.10 bits per heavy atom. The Morgan fingerprint density at radius 2 is 1.86 bits per heavy atom. The van der Waals surface area contributed by atoms with Gasteiger partial charge in [-0.1, -0.05) is 6.07 Å². The minimum absolute atomic E-state index is 0.0273. The van der Waals surface area contributed by atoms with Gasteiger partial charge in [0, 0.05) is 17.4 Å². The summed E-state index contributed by atoms with van der Waals surface area (Å²) >= 11 is 0. The average molecular weight is 405 g/mol. The molecular formula is C20H15F4N3O2. The van der Waals surface area contributed by atoms with Crippen LogP contribution in [0, 0.1) is 23.3 Å². The zero-order valence-corrected chi connectivity index (χ0v) is 15.0. The van der Waals surface area contributed by atoms with Gasteiger partial charge in [-0.25, -0.2) is 13.2 Å². The molecule has 1 N–H and O–H groups in total. The predicted molar refractivity (Wildman–Crippen MR) is 97.4 cm³/mol. The average Bonchev–Trinajstić information content (AvgIpc) is 2.70. The molecule has 0 bridgehead atoms. The molecule has 29 heavy (non-hydrogen) atoms. The van der Waals surface area contributed by atoms with Crippen LogP contribution in [0.4, 0.5) is 29.2 Å². The van der Waals surface area contributed by atoms with Crippen LogP contribution < -0.4 is 15.6 Å². The van der Waals surface area contributed by atoms with Gasteiger partial charge in [-0.3, -0.25) is 4.79 Å². The van der Waals surface area contributed by atoms with E-state index in [0.29, 0.717) is 18.0 Å². The standard InChI is InChI=1S/C20H15F4N3O2/c21-13-7-11(8-14(22)18(13)24)9-27-10-15(23)19(28)26-20(27)25-16-4-1-5-17-12(16)3-2-6-29-17/h1,4-5,7-8,10H,2-3,6,9H2,(H,25,26,28). The van der Waals surface area contributed by atoms with E-state index in [2.05, 4.69) is 10.3 Å². The fraction of sp³-hybridized carbons (Fsp3) is 0.200. The molecule has 0 spiro atoms. The summed E-state index contributed by atoms with van der Waals surface area (Å²) in [6.45, 7) is 0.351. The van der Waals surface area contributed by atoms with Gasteiger partial charge in [0.1, 0.15) is 5.75 Å². The van der Waals surface area contributed by atoms with Crippen LogP contribution in [0.1, 0.15) is 17.5 Å². The van der Waals surface area contributed by atoms with E-state index in [1.807, 2.05) is 6.07 Å². The normalized spacial score (nSPS) is 13.0. The van der Waals surface area contributed by atoms with Crippen molar-refractivity contribution < 1.29 is 22.3 Å². The van der Waals surface area contributed by atoms with Gasteiger partial charge >= 0.3 is 5.56 Å². The molecule has 1 aliphatic rings. The Kier molecular flexibility index (Phi) is 4.96. The quantitative estimate of drug-likeness (QED) is 0.528. The molecule has 0 amide bonds. The molecule has 0 saturated carbocycles. The largest absolute Gasteiger partial charge is 0.493 e. The molecule has 2 aromatic carbocycles. The number of hydrogen-bond acceptors (Lipinski definition) is 4. The van der Waals surface area contributed by atoms with Gasteiger partial charge in [0.2, 0.25) is 11.8 Å². The van der Waals surface area contributed by atoms with Gasteiger partial charge in [-0.15, -0.1) is 0 Å². The lowest BCUT2D eigenvalue weighted by molar-refractivity contribution is 0.289. The fourth-order valence-electron chi connectivity index (χ4n) is 3.21. The molecule has 5 nitrogen and oxygen atoms in total. The van der Waals surface area contributed by atoms with Crippen LogP contribution in [0.25, 0.3) is 0 Å². The van der Waals surface area contributed by atoms with Gasteiger partial charge in [-0.05, 0) is 42.7 Å². The first-order valence-electron chi connectivity index (χ1n) is 8.84. The van der Waals surface area contributed by atoms with Crippen LogP contribution in [0.5, 0.6) is 5.75 Å². The number of halogens is 4. The highest BCUT2D eigenvalue weighted by molar-refractivity contribution is 5.63. The van der Waals surface area contributed by atoms with Crippen molar-refractivity contribution in [2.75, 3.05) is 11.9 Å². The zero-order valence-electron chi connectivity index (χ0n) is 15.0. The van der Waals surface area contributed by atoms with Crippen molar-refractivity contribution in [3.8, 4) is 5.75 Å². The van der Waals surface area contributed by atoms with Crippen molar-refractivity contribution in [2.24, 2.45) is 0 Å². The Hall–Kier alpha value is -3.36. The van der Waals surface area contributed by atoms with Crippen molar-refractivity contribution in [3.63, 3.8) is 0 Å². The van der Waals surface area contributed by atoms with E-state index in [-0.39, 0.29) is 18.1 Å². The molecule has 9 heteroatoms. The summed E-state index contributed by atoms with van der Waals surface area (Å²) < 4.78 is 60.9. The number of nitrogens with zero attached hydrogens (tertiary/aromatic N) is 2. The number of benzene rings is 2. The van der Waals surface area contributed by atoms with E-state index in [1.54, 1.807) is 12.1 Å². The Morgan fingerprint density at radius 3 is 2.62 bits per heavy atom. The van der Waals surface area contributed by atoms with Gasteiger partial charge in [0.05, 0.1) is 13.2 Å². The highest BCUT2D eigenvalue weighted by Crippen LogP contribution is 2.32. The third-order valence-corrected chi connectivity index (χ3v) is 4.56. The van der Waals surface area contributed by atoms with Gasteiger partial charge in [0.25, 0.3) is 0 Å². The number of fused-ring (bicyclic) bond motifs is 1. The summed E-state index contributed by atoms with van der Waals surface area (Å²) in [4.78, 5) is 15.4. The lowest BCUT2D eigenvalue weighted by atomic mass is 10.0. The molecule has 150 valence electrons. The number of hydrogen-bond donors (Lipinski definition) is 1. The molecule has 0 atom stereocenters. The van der Waals surface area contributed by atoms with Gasteiger partial charge < -0.3 is 14.6 Å². The summed E-state index contributed by atoms with van der Waals surface area (Å²) in [6, 6.07) is 6.93. The second-order valence-corrected chi connectivity index (χ2v) is 6.58. The molecule has 0 unspecified atom stereocenters. The van der Waals surface area contributed by atoms with Crippen molar-refractivity contribution in [1.29, 1.82) is 0 Å². The fourth-order valence-corrected chi connectivity index (χ4v) is 3.21. The van der Waals surface area contributed by atoms with Crippen LogP contribution in [-0.2, 0) is 13.0 Å². The van der Waals surface area contributed by atoms with Crippen molar-refractivity contribution in [3.05, 3.63) is 81.3 Å². The second-order valence-electron chi connectivity index (χ2n) is 6.58. The monoisotopic (exact) mass is 405 g/mol. The maximum atomic E-state index is 13.8. The van der Waals surface area contributed by atoms with Crippen LogP contribution in [0.2, 0.25) is 0 Å². The molecule has 1 aliphatic heterocycles. The highest BCUT2D eigenvalue weighted by Gasteiger charge is 2.17. The van der Waals surface area contributed by atoms with Crippen molar-refractivity contribution in [2.45, 2.75) is 19.4 Å². The lowest BCUT2D eigenvalue weighted by Crippen LogP contribution is -2.21. The molecule has 0 radical (unpaired) electrons. The summed E-state index contributed by atoms with van der Waals surface area (Å²) in [5.74, 6) is -4.78. The number of aromatic nitrogens is 2. The predicted octanol–water partition coefficient (Wildman–Crippen LogP) is 3.92. The van der Waals surface area contributed by atoms with Crippen LogP contribution in [0.3, 0.4) is 0 Å². The SMILES string of the molecule is O=c1nc(Nc2cccc3c2CCCO3)n(Cc2cc(F)c(F)c(F)c2)cc1F. The van der Waals surface area contributed by atoms with E-state index < -0.39 is 28.8 Å². The molecule has 4 rings (SSSR count). The first-order chi connectivity index (χ1) is 13.9. The maximum Gasteiger partial charge on any atom is 0.310 e. The molecule has 3 aromatic rings. The Bertz CT molecular complexity index is 1120. The number of ether oxygens (including phenoxy) is 1. The minimum atomic E-state index is -1.59. The van der Waals surface area contributed by atoms with E-state index in [0.717, 1.165) is 36.7 Å². The van der Waals surface area contributed by atoms with Crippen LogP contribution in [-0.4, -0.2) is 16.2 Å². The Labute approximate surface area is 162 Å². The third-order valence-electron chi connectivity index (χ3n) is 4.56. The van der Waals surface area contributed by atoms with E-state index in [4.69, 9.17) is 4.74 Å². The molecule has 0 aliphatic carbocycles. The first-order valence-corrected chi connectivity index (χ1v) is 8.84. The lowest BCUT2D eigenvalue weighted by Gasteiger charge is -2.21. The minimum Gasteiger partial charge on any atom is -0.493 e. The van der Waals surface area contributed by atoms with Gasteiger partial charge in [-0.2, -0.15) is 9.37 Å². The van der Waals surface area contributed by atoms with Crippen LogP contribution in [0.15, 0.2) is 41.3 Å². The molecule has 0 saturated heterocycles. The van der Waals surface area contributed by atoms with Crippen molar-refractivity contribution in [1.82, 2.24) is 9.55 Å². The van der Waals surface area contributed by atoms with Crippen LogP contribution >= 0.6 is 0 Å².